The third kappa shape index (κ3) is 3.06. The molecule has 6 heteroatoms. The highest BCUT2D eigenvalue weighted by Crippen LogP contribution is 2.32. The van der Waals surface area contributed by atoms with Gasteiger partial charge in [-0.15, -0.1) is 10.2 Å². The maximum absolute atomic E-state index is 4.41. The van der Waals surface area contributed by atoms with Crippen molar-refractivity contribution in [2.24, 2.45) is 0 Å². The number of rotatable bonds is 3. The monoisotopic (exact) mass is 386 g/mol. The normalized spacial score (nSPS) is 14.7. The number of aromatic nitrogens is 3. The van der Waals surface area contributed by atoms with Crippen LogP contribution in [-0.2, 0) is 13.2 Å². The Kier molecular flexibility index (Phi) is 4.20. The zero-order chi connectivity index (χ0) is 15.6. The van der Waals surface area contributed by atoms with E-state index in [9.17, 15) is 0 Å². The predicted molar refractivity (Wildman–Crippen MR) is 95.9 cm³/mol. The minimum Gasteiger partial charge on any atom is -0.288 e. The van der Waals surface area contributed by atoms with Crippen LogP contribution in [0.3, 0.4) is 0 Å². The van der Waals surface area contributed by atoms with Crippen molar-refractivity contribution in [3.05, 3.63) is 64.6 Å². The molecule has 0 amide bonds. The summed E-state index contributed by atoms with van der Waals surface area (Å²) in [5.41, 5.74) is 2.40. The van der Waals surface area contributed by atoms with Crippen LogP contribution in [-0.4, -0.2) is 25.5 Å². The molecule has 116 valence electrons. The molecular weight excluding hydrogens is 372 g/mol. The van der Waals surface area contributed by atoms with Crippen LogP contribution in [0.1, 0.15) is 5.56 Å². The van der Waals surface area contributed by atoms with Gasteiger partial charge in [0.25, 0.3) is 0 Å². The highest BCUT2D eigenvalue weighted by atomic mass is 79.9. The van der Waals surface area contributed by atoms with E-state index in [0.717, 1.165) is 40.1 Å². The van der Waals surface area contributed by atoms with Crippen LogP contribution < -0.4 is 0 Å². The molecule has 0 bridgehead atoms. The first kappa shape index (κ1) is 14.9. The molecule has 0 aliphatic carbocycles. The van der Waals surface area contributed by atoms with E-state index in [4.69, 9.17) is 0 Å². The van der Waals surface area contributed by atoms with Gasteiger partial charge in [-0.05, 0) is 11.6 Å². The van der Waals surface area contributed by atoms with E-state index in [2.05, 4.69) is 72.0 Å². The summed E-state index contributed by atoms with van der Waals surface area (Å²) in [7, 11) is 0. The molecule has 0 fully saturated rings. The van der Waals surface area contributed by atoms with Crippen LogP contribution in [0.15, 0.2) is 64.2 Å². The maximum atomic E-state index is 4.41. The molecule has 0 atom stereocenters. The van der Waals surface area contributed by atoms with Crippen molar-refractivity contribution in [1.29, 1.82) is 0 Å². The lowest BCUT2D eigenvalue weighted by Gasteiger charge is -2.27. The van der Waals surface area contributed by atoms with E-state index in [1.165, 1.54) is 5.56 Å². The zero-order valence-electron chi connectivity index (χ0n) is 12.4. The fourth-order valence-corrected chi connectivity index (χ4v) is 4.02. The maximum Gasteiger partial charge on any atom is 0.193 e. The van der Waals surface area contributed by atoms with Crippen LogP contribution >= 0.6 is 27.7 Å². The number of fused-ring (bicyclic) bond motifs is 1. The third-order valence-corrected chi connectivity index (χ3v) is 5.54. The van der Waals surface area contributed by atoms with Crippen molar-refractivity contribution in [2.45, 2.75) is 18.4 Å². The molecular formula is C17H15BrN4S. The number of nitrogens with zero attached hydrogens (tertiary/aromatic N) is 4. The second kappa shape index (κ2) is 6.47. The van der Waals surface area contributed by atoms with Gasteiger partial charge in [0, 0.05) is 16.6 Å². The highest BCUT2D eigenvalue weighted by molar-refractivity contribution is 9.10. The summed E-state index contributed by atoms with van der Waals surface area (Å²) >= 11 is 5.35. The predicted octanol–water partition coefficient (Wildman–Crippen LogP) is 4.23. The Bertz CT molecular complexity index is 818. The number of hydrogen-bond acceptors (Lipinski definition) is 4. The van der Waals surface area contributed by atoms with Gasteiger partial charge in [-0.2, -0.15) is 0 Å². The fraction of sp³-hybridized carbons (Fsp3) is 0.176. The molecule has 1 aromatic heterocycles. The number of benzene rings is 2. The largest absolute Gasteiger partial charge is 0.288 e. The van der Waals surface area contributed by atoms with Gasteiger partial charge < -0.3 is 0 Å². The summed E-state index contributed by atoms with van der Waals surface area (Å²) in [6.07, 6.45) is 0. The average molecular weight is 387 g/mol. The molecule has 0 saturated carbocycles. The molecule has 23 heavy (non-hydrogen) atoms. The first-order valence-corrected chi connectivity index (χ1v) is 9.16. The summed E-state index contributed by atoms with van der Waals surface area (Å²) in [6.45, 7) is 1.74. The van der Waals surface area contributed by atoms with Crippen LogP contribution in [0.4, 0.5) is 0 Å². The molecule has 2 heterocycles. The van der Waals surface area contributed by atoms with Crippen molar-refractivity contribution in [1.82, 2.24) is 19.7 Å². The summed E-state index contributed by atoms with van der Waals surface area (Å²) in [4.78, 5) is 2.40. The lowest BCUT2D eigenvalue weighted by molar-refractivity contribution is 0.231. The van der Waals surface area contributed by atoms with Gasteiger partial charge >= 0.3 is 0 Å². The van der Waals surface area contributed by atoms with E-state index >= 15 is 0 Å². The smallest absolute Gasteiger partial charge is 0.193 e. The summed E-state index contributed by atoms with van der Waals surface area (Å²) in [5.74, 6) is 1.85. The molecule has 0 radical (unpaired) electrons. The van der Waals surface area contributed by atoms with E-state index in [-0.39, 0.29) is 0 Å². The second-order valence-electron chi connectivity index (χ2n) is 5.44. The molecule has 0 N–H and O–H groups in total. The zero-order valence-corrected chi connectivity index (χ0v) is 14.8. The Morgan fingerprint density at radius 1 is 1.00 bits per heavy atom. The van der Waals surface area contributed by atoms with E-state index in [1.54, 1.807) is 11.8 Å². The molecule has 3 aromatic rings. The van der Waals surface area contributed by atoms with Crippen molar-refractivity contribution in [3.63, 3.8) is 0 Å². The van der Waals surface area contributed by atoms with Crippen LogP contribution in [0.5, 0.6) is 0 Å². The molecule has 4 rings (SSSR count). The Hall–Kier alpha value is -1.63. The van der Waals surface area contributed by atoms with Gasteiger partial charge in [0.05, 0.1) is 12.5 Å². The average Bonchev–Trinajstić information content (AvgIpc) is 2.99. The standard InChI is InChI=1S/C17H15BrN4S/c18-15-9-5-4-8-14(15)16-19-20-17-22(16)11-21(12-23-17)10-13-6-2-1-3-7-13/h1-9H,10-12H2. The molecule has 4 nitrogen and oxygen atoms in total. The number of thioether (sulfide) groups is 1. The molecule has 0 unspecified atom stereocenters. The summed E-state index contributed by atoms with van der Waals surface area (Å²) in [5, 5.41) is 9.74. The fourth-order valence-electron chi connectivity index (χ4n) is 2.69. The number of hydrogen-bond donors (Lipinski definition) is 0. The lowest BCUT2D eigenvalue weighted by atomic mass is 10.2. The summed E-state index contributed by atoms with van der Waals surface area (Å²) < 4.78 is 3.23. The Morgan fingerprint density at radius 2 is 1.78 bits per heavy atom. The Morgan fingerprint density at radius 3 is 2.61 bits per heavy atom. The Balaban J connectivity index is 1.62. The van der Waals surface area contributed by atoms with Gasteiger partial charge in [-0.3, -0.25) is 9.47 Å². The third-order valence-electron chi connectivity index (χ3n) is 3.80. The highest BCUT2D eigenvalue weighted by Gasteiger charge is 2.23. The number of halogens is 1. The van der Waals surface area contributed by atoms with Crippen molar-refractivity contribution in [3.8, 4) is 11.4 Å². The van der Waals surface area contributed by atoms with Crippen molar-refractivity contribution in [2.75, 3.05) is 5.88 Å². The van der Waals surface area contributed by atoms with Crippen molar-refractivity contribution < 1.29 is 0 Å². The van der Waals surface area contributed by atoms with Gasteiger partial charge in [-0.1, -0.05) is 76.2 Å². The topological polar surface area (TPSA) is 34.0 Å². The summed E-state index contributed by atoms with van der Waals surface area (Å²) in [6, 6.07) is 18.7. The molecule has 0 saturated heterocycles. The molecule has 0 spiro atoms. The van der Waals surface area contributed by atoms with Crippen LogP contribution in [0.25, 0.3) is 11.4 Å². The van der Waals surface area contributed by atoms with Crippen LogP contribution in [0, 0.1) is 0 Å². The lowest BCUT2D eigenvalue weighted by Crippen LogP contribution is -2.30. The van der Waals surface area contributed by atoms with Gasteiger partial charge in [-0.25, -0.2) is 0 Å². The van der Waals surface area contributed by atoms with Gasteiger partial charge in [0.15, 0.2) is 11.0 Å². The molecule has 1 aliphatic heterocycles. The molecule has 1 aliphatic rings. The van der Waals surface area contributed by atoms with E-state index in [0.29, 0.717) is 0 Å². The Labute approximate surface area is 147 Å². The first-order chi connectivity index (χ1) is 11.3. The molecule has 2 aromatic carbocycles. The van der Waals surface area contributed by atoms with E-state index < -0.39 is 0 Å². The second-order valence-corrected chi connectivity index (χ2v) is 7.21. The van der Waals surface area contributed by atoms with E-state index in [1.807, 2.05) is 18.2 Å². The quantitative estimate of drug-likeness (QED) is 0.674. The van der Waals surface area contributed by atoms with Gasteiger partial charge in [0.2, 0.25) is 0 Å². The van der Waals surface area contributed by atoms with Gasteiger partial charge in [0.1, 0.15) is 0 Å². The van der Waals surface area contributed by atoms with Crippen LogP contribution in [0.2, 0.25) is 0 Å². The van der Waals surface area contributed by atoms with Crippen molar-refractivity contribution >= 4 is 27.7 Å². The first-order valence-electron chi connectivity index (χ1n) is 7.38. The minimum atomic E-state index is 0.806. The minimum absolute atomic E-state index is 0.806. The SMILES string of the molecule is Brc1ccccc1-c1nnc2n1CN(Cc1ccccc1)CS2.